The van der Waals surface area contributed by atoms with E-state index in [2.05, 4.69) is 16.8 Å². The summed E-state index contributed by atoms with van der Waals surface area (Å²) in [7, 11) is 3.37. The number of ether oxygens (including phenoxy) is 1. The summed E-state index contributed by atoms with van der Waals surface area (Å²) in [6.45, 7) is 2.28. The number of carbonyl (C=O) groups excluding carboxylic acids is 1. The number of anilines is 2. The lowest BCUT2D eigenvalue weighted by molar-refractivity contribution is 0.0601. The molecule has 2 atom stereocenters. The molecule has 0 amide bonds. The zero-order valence-electron chi connectivity index (χ0n) is 12.4. The molecule has 2 unspecified atom stereocenters. The van der Waals surface area contributed by atoms with Crippen molar-refractivity contribution in [2.45, 2.75) is 38.6 Å². The first-order valence-electron chi connectivity index (χ1n) is 7.09. The number of nitrogen functional groups attached to an aromatic ring is 1. The molecule has 1 aromatic heterocycles. The van der Waals surface area contributed by atoms with Crippen molar-refractivity contribution in [3.05, 3.63) is 17.8 Å². The Kier molecular flexibility index (Phi) is 4.47. The van der Waals surface area contributed by atoms with Crippen LogP contribution in [0, 0.1) is 5.92 Å². The lowest BCUT2D eigenvalue weighted by atomic mass is 9.86. The summed E-state index contributed by atoms with van der Waals surface area (Å²) in [5.74, 6) is 0.979. The van der Waals surface area contributed by atoms with Crippen LogP contribution in [0.25, 0.3) is 0 Å². The molecule has 20 heavy (non-hydrogen) atoms. The molecule has 0 radical (unpaired) electrons. The Morgan fingerprint density at radius 3 is 2.90 bits per heavy atom. The minimum Gasteiger partial charge on any atom is -0.465 e. The Balaban J connectivity index is 2.28. The lowest BCUT2D eigenvalue weighted by Gasteiger charge is -2.35. The fourth-order valence-corrected chi connectivity index (χ4v) is 2.94. The van der Waals surface area contributed by atoms with Crippen molar-refractivity contribution in [3.8, 4) is 0 Å². The fraction of sp³-hybridized carbons (Fsp3) is 0.600. The highest BCUT2D eigenvalue weighted by Gasteiger charge is 2.26. The topological polar surface area (TPSA) is 68.5 Å². The van der Waals surface area contributed by atoms with Gasteiger partial charge in [-0.3, -0.25) is 0 Å². The van der Waals surface area contributed by atoms with E-state index in [1.165, 1.54) is 20.0 Å². The Morgan fingerprint density at radius 1 is 1.50 bits per heavy atom. The van der Waals surface area contributed by atoms with Crippen molar-refractivity contribution in [1.29, 1.82) is 0 Å². The van der Waals surface area contributed by atoms with Gasteiger partial charge in [-0.2, -0.15) is 0 Å². The molecule has 5 heteroatoms. The minimum absolute atomic E-state index is 0.393. The first-order valence-corrected chi connectivity index (χ1v) is 7.09. The molecular weight excluding hydrogens is 254 g/mol. The van der Waals surface area contributed by atoms with Gasteiger partial charge in [0.25, 0.3) is 0 Å². The fourth-order valence-electron chi connectivity index (χ4n) is 2.94. The van der Waals surface area contributed by atoms with Crippen LogP contribution in [0.1, 0.15) is 43.0 Å². The largest absolute Gasteiger partial charge is 0.465 e. The minimum atomic E-state index is -0.393. The third-order valence-electron chi connectivity index (χ3n) is 4.08. The van der Waals surface area contributed by atoms with E-state index < -0.39 is 5.97 Å². The predicted octanol–water partition coefficient (Wildman–Crippen LogP) is 2.47. The van der Waals surface area contributed by atoms with Crippen molar-refractivity contribution in [3.63, 3.8) is 0 Å². The first-order chi connectivity index (χ1) is 9.52. The van der Waals surface area contributed by atoms with E-state index >= 15 is 0 Å². The maximum atomic E-state index is 11.9. The summed E-state index contributed by atoms with van der Waals surface area (Å²) >= 11 is 0. The van der Waals surface area contributed by atoms with Gasteiger partial charge in [-0.25, -0.2) is 9.78 Å². The zero-order valence-corrected chi connectivity index (χ0v) is 12.4. The molecule has 0 aliphatic heterocycles. The van der Waals surface area contributed by atoms with Crippen molar-refractivity contribution < 1.29 is 9.53 Å². The van der Waals surface area contributed by atoms with Crippen LogP contribution in [0.3, 0.4) is 0 Å². The maximum Gasteiger partial charge on any atom is 0.341 e. The highest BCUT2D eigenvalue weighted by atomic mass is 16.5. The van der Waals surface area contributed by atoms with E-state index in [0.29, 0.717) is 29.0 Å². The van der Waals surface area contributed by atoms with Crippen LogP contribution in [-0.2, 0) is 4.74 Å². The number of hydrogen-bond acceptors (Lipinski definition) is 5. The van der Waals surface area contributed by atoms with Gasteiger partial charge in [-0.1, -0.05) is 19.8 Å². The monoisotopic (exact) mass is 277 g/mol. The molecule has 2 N–H and O–H groups in total. The quantitative estimate of drug-likeness (QED) is 0.860. The molecule has 1 aliphatic rings. The van der Waals surface area contributed by atoms with E-state index in [4.69, 9.17) is 10.5 Å². The Labute approximate surface area is 120 Å². The van der Waals surface area contributed by atoms with Gasteiger partial charge in [0.15, 0.2) is 0 Å². The molecule has 0 aromatic carbocycles. The second-order valence-corrected chi connectivity index (χ2v) is 5.67. The van der Waals surface area contributed by atoms with Gasteiger partial charge in [0.2, 0.25) is 0 Å². The molecule has 2 rings (SSSR count). The van der Waals surface area contributed by atoms with Gasteiger partial charge in [0.1, 0.15) is 11.4 Å². The van der Waals surface area contributed by atoms with E-state index in [0.717, 1.165) is 12.8 Å². The highest BCUT2D eigenvalue weighted by Crippen LogP contribution is 2.30. The number of carbonyl (C=O) groups is 1. The average Bonchev–Trinajstić information content (AvgIpc) is 2.45. The molecule has 0 bridgehead atoms. The Morgan fingerprint density at radius 2 is 2.25 bits per heavy atom. The summed E-state index contributed by atoms with van der Waals surface area (Å²) in [6.07, 6.45) is 6.35. The summed E-state index contributed by atoms with van der Waals surface area (Å²) < 4.78 is 4.83. The zero-order chi connectivity index (χ0) is 14.7. The first kappa shape index (κ1) is 14.6. The van der Waals surface area contributed by atoms with Crippen LogP contribution in [0.15, 0.2) is 12.3 Å². The Bertz CT molecular complexity index is 490. The molecular formula is C15H23N3O2. The SMILES string of the molecule is COC(=O)c1cc(N)cnc1N(C)C1CCCC(C)C1. The number of rotatable bonds is 3. The molecule has 1 aliphatic carbocycles. The maximum absolute atomic E-state index is 11.9. The lowest BCUT2D eigenvalue weighted by Crippen LogP contribution is -2.37. The van der Waals surface area contributed by atoms with Crippen LogP contribution >= 0.6 is 0 Å². The summed E-state index contributed by atoms with van der Waals surface area (Å²) in [5.41, 5.74) is 6.64. The van der Waals surface area contributed by atoms with Crippen LogP contribution in [0.5, 0.6) is 0 Å². The van der Waals surface area contributed by atoms with Gasteiger partial charge in [-0.05, 0) is 24.8 Å². The second kappa shape index (κ2) is 6.11. The van der Waals surface area contributed by atoms with Crippen LogP contribution in [0.2, 0.25) is 0 Å². The summed E-state index contributed by atoms with van der Waals surface area (Å²) in [6, 6.07) is 2.05. The number of hydrogen-bond donors (Lipinski definition) is 1. The molecule has 5 nitrogen and oxygen atoms in total. The van der Waals surface area contributed by atoms with Crippen LogP contribution in [0.4, 0.5) is 11.5 Å². The standard InChI is InChI=1S/C15H23N3O2/c1-10-5-4-6-12(7-10)18(2)14-13(15(19)20-3)8-11(16)9-17-14/h8-10,12H,4-7,16H2,1-3H3. The third kappa shape index (κ3) is 3.03. The van der Waals surface area contributed by atoms with Gasteiger partial charge in [-0.15, -0.1) is 0 Å². The van der Waals surface area contributed by atoms with E-state index in [1.807, 2.05) is 7.05 Å². The molecule has 0 saturated heterocycles. The van der Waals surface area contributed by atoms with Crippen molar-refractivity contribution >= 4 is 17.5 Å². The van der Waals surface area contributed by atoms with Gasteiger partial charge in [0.05, 0.1) is 19.0 Å². The second-order valence-electron chi connectivity index (χ2n) is 5.67. The molecule has 1 aromatic rings. The van der Waals surface area contributed by atoms with Crippen LogP contribution in [-0.4, -0.2) is 31.2 Å². The van der Waals surface area contributed by atoms with E-state index in [-0.39, 0.29) is 0 Å². The molecule has 1 saturated carbocycles. The van der Waals surface area contributed by atoms with Gasteiger partial charge >= 0.3 is 5.97 Å². The van der Waals surface area contributed by atoms with Gasteiger partial charge < -0.3 is 15.4 Å². The Hall–Kier alpha value is -1.78. The molecule has 1 heterocycles. The normalized spacial score (nSPS) is 22.4. The average molecular weight is 277 g/mol. The number of pyridine rings is 1. The van der Waals surface area contributed by atoms with Crippen LogP contribution < -0.4 is 10.6 Å². The third-order valence-corrected chi connectivity index (χ3v) is 4.08. The smallest absolute Gasteiger partial charge is 0.341 e. The molecule has 1 fully saturated rings. The van der Waals surface area contributed by atoms with Crippen molar-refractivity contribution in [1.82, 2.24) is 4.98 Å². The van der Waals surface area contributed by atoms with E-state index in [9.17, 15) is 4.79 Å². The number of esters is 1. The highest BCUT2D eigenvalue weighted by molar-refractivity contribution is 5.95. The van der Waals surface area contributed by atoms with Crippen molar-refractivity contribution in [2.75, 3.05) is 24.8 Å². The molecule has 0 spiro atoms. The number of nitrogens with two attached hydrogens (primary N) is 1. The molecule has 110 valence electrons. The van der Waals surface area contributed by atoms with E-state index in [1.54, 1.807) is 12.3 Å². The number of methoxy groups -OCH3 is 1. The van der Waals surface area contributed by atoms with Gasteiger partial charge in [0, 0.05) is 13.1 Å². The van der Waals surface area contributed by atoms with Crippen molar-refractivity contribution in [2.24, 2.45) is 5.92 Å². The number of nitrogens with zero attached hydrogens (tertiary/aromatic N) is 2. The predicted molar refractivity (Wildman–Crippen MR) is 79.8 cm³/mol. The number of aromatic nitrogens is 1. The summed E-state index contributed by atoms with van der Waals surface area (Å²) in [4.78, 5) is 18.3. The summed E-state index contributed by atoms with van der Waals surface area (Å²) in [5, 5.41) is 0.